The molecule has 0 amide bonds. The van der Waals surface area contributed by atoms with E-state index in [-0.39, 0.29) is 0 Å². The fourth-order valence-electron chi connectivity index (χ4n) is 1.80. The molecule has 2 rings (SSSR count). The maximum absolute atomic E-state index is 10.2. The van der Waals surface area contributed by atoms with Gasteiger partial charge < -0.3 is 15.2 Å². The third kappa shape index (κ3) is 3.03. The summed E-state index contributed by atoms with van der Waals surface area (Å²) < 4.78 is 5.27. The van der Waals surface area contributed by atoms with Crippen molar-refractivity contribution in [1.82, 2.24) is 0 Å². The average molecular weight is 263 g/mol. The van der Waals surface area contributed by atoms with Crippen molar-refractivity contribution >= 4 is 17.0 Å². The summed E-state index contributed by atoms with van der Waals surface area (Å²) >= 11 is 1.63. The summed E-state index contributed by atoms with van der Waals surface area (Å²) in [5.74, 6) is 0.722. The van der Waals surface area contributed by atoms with Crippen LogP contribution in [-0.2, 0) is 0 Å². The molecule has 0 saturated carbocycles. The predicted molar refractivity (Wildman–Crippen MR) is 75.5 cm³/mol. The normalized spacial score (nSPS) is 12.2. The van der Waals surface area contributed by atoms with Crippen LogP contribution in [0.3, 0.4) is 0 Å². The Balaban J connectivity index is 2.08. The summed E-state index contributed by atoms with van der Waals surface area (Å²) in [6, 6.07) is 7.81. The molecule has 0 radical (unpaired) electrons. The molecule has 2 N–H and O–H groups in total. The second kappa shape index (κ2) is 5.89. The van der Waals surface area contributed by atoms with Crippen LogP contribution in [0.1, 0.15) is 17.2 Å². The van der Waals surface area contributed by atoms with Gasteiger partial charge in [-0.3, -0.25) is 0 Å². The van der Waals surface area contributed by atoms with E-state index in [0.29, 0.717) is 6.54 Å². The van der Waals surface area contributed by atoms with Crippen molar-refractivity contribution in [3.63, 3.8) is 0 Å². The Kier molecular flexibility index (Phi) is 4.23. The van der Waals surface area contributed by atoms with Crippen LogP contribution in [0, 0.1) is 6.92 Å². The van der Waals surface area contributed by atoms with E-state index in [2.05, 4.69) is 5.32 Å². The van der Waals surface area contributed by atoms with E-state index >= 15 is 0 Å². The second-order valence-corrected chi connectivity index (χ2v) is 4.93. The largest absolute Gasteiger partial charge is 0.496 e. The van der Waals surface area contributed by atoms with Crippen molar-refractivity contribution in [2.75, 3.05) is 19.0 Å². The molecule has 0 bridgehead atoms. The first-order chi connectivity index (χ1) is 8.70. The Morgan fingerprint density at radius 1 is 1.39 bits per heavy atom. The van der Waals surface area contributed by atoms with Gasteiger partial charge in [0.2, 0.25) is 0 Å². The fourth-order valence-corrected chi connectivity index (χ4v) is 2.42. The lowest BCUT2D eigenvalue weighted by Gasteiger charge is -2.16. The van der Waals surface area contributed by atoms with Gasteiger partial charge in [0.15, 0.2) is 0 Å². The summed E-state index contributed by atoms with van der Waals surface area (Å²) in [4.78, 5) is 0. The number of thiophene rings is 1. The van der Waals surface area contributed by atoms with Gasteiger partial charge in [0.05, 0.1) is 13.2 Å². The molecule has 18 heavy (non-hydrogen) atoms. The molecule has 1 unspecified atom stereocenters. The van der Waals surface area contributed by atoms with E-state index < -0.39 is 6.10 Å². The van der Waals surface area contributed by atoms with E-state index in [0.717, 1.165) is 22.6 Å². The van der Waals surface area contributed by atoms with Crippen LogP contribution in [0.25, 0.3) is 0 Å². The first-order valence-corrected chi connectivity index (χ1v) is 6.73. The number of rotatable bonds is 5. The Labute approximate surface area is 111 Å². The van der Waals surface area contributed by atoms with Gasteiger partial charge in [0.1, 0.15) is 5.75 Å². The quantitative estimate of drug-likeness (QED) is 0.870. The van der Waals surface area contributed by atoms with Crippen molar-refractivity contribution in [2.24, 2.45) is 0 Å². The van der Waals surface area contributed by atoms with Gasteiger partial charge in [0.25, 0.3) is 0 Å². The smallest absolute Gasteiger partial charge is 0.124 e. The minimum absolute atomic E-state index is 0.469. The van der Waals surface area contributed by atoms with Crippen molar-refractivity contribution in [2.45, 2.75) is 13.0 Å². The topological polar surface area (TPSA) is 41.5 Å². The Hall–Kier alpha value is -1.52. The molecule has 1 aromatic heterocycles. The number of hydrogen-bond donors (Lipinski definition) is 2. The Morgan fingerprint density at radius 3 is 2.89 bits per heavy atom. The van der Waals surface area contributed by atoms with Crippen LogP contribution in [0.5, 0.6) is 5.75 Å². The zero-order valence-corrected chi connectivity index (χ0v) is 11.3. The molecular weight excluding hydrogens is 246 g/mol. The van der Waals surface area contributed by atoms with Crippen LogP contribution in [0.2, 0.25) is 0 Å². The van der Waals surface area contributed by atoms with Gasteiger partial charge in [-0.1, -0.05) is 11.6 Å². The van der Waals surface area contributed by atoms with Gasteiger partial charge in [0, 0.05) is 23.2 Å². The van der Waals surface area contributed by atoms with Crippen molar-refractivity contribution in [1.29, 1.82) is 0 Å². The number of aliphatic hydroxyl groups excluding tert-OH is 1. The maximum Gasteiger partial charge on any atom is 0.124 e. The van der Waals surface area contributed by atoms with E-state index in [9.17, 15) is 5.11 Å². The molecular formula is C14H17NO2S. The lowest BCUT2D eigenvalue weighted by molar-refractivity contribution is 0.187. The Morgan fingerprint density at radius 2 is 2.22 bits per heavy atom. The first-order valence-electron chi connectivity index (χ1n) is 5.79. The molecule has 0 spiro atoms. The summed E-state index contributed by atoms with van der Waals surface area (Å²) in [5, 5.41) is 17.4. The van der Waals surface area contributed by atoms with Gasteiger partial charge in [-0.2, -0.15) is 11.3 Å². The second-order valence-electron chi connectivity index (χ2n) is 4.15. The molecule has 3 nitrogen and oxygen atoms in total. The zero-order valence-electron chi connectivity index (χ0n) is 10.5. The molecule has 96 valence electrons. The first kappa shape index (κ1) is 12.9. The van der Waals surface area contributed by atoms with Crippen LogP contribution >= 0.6 is 11.3 Å². The molecule has 0 aliphatic carbocycles. The van der Waals surface area contributed by atoms with Crippen LogP contribution in [0.15, 0.2) is 35.0 Å². The highest BCUT2D eigenvalue weighted by atomic mass is 32.1. The number of benzene rings is 1. The number of nitrogens with one attached hydrogen (secondary N) is 1. The highest BCUT2D eigenvalue weighted by molar-refractivity contribution is 7.08. The van der Waals surface area contributed by atoms with Gasteiger partial charge in [-0.15, -0.1) is 0 Å². The van der Waals surface area contributed by atoms with Crippen molar-refractivity contribution < 1.29 is 9.84 Å². The third-order valence-electron chi connectivity index (χ3n) is 2.76. The minimum atomic E-state index is -0.584. The molecule has 1 aromatic carbocycles. The van der Waals surface area contributed by atoms with Crippen LogP contribution < -0.4 is 10.1 Å². The molecule has 0 fully saturated rings. The summed E-state index contributed by atoms with van der Waals surface area (Å²) in [6.45, 7) is 2.47. The van der Waals surface area contributed by atoms with E-state index in [1.54, 1.807) is 18.4 Å². The number of hydrogen-bond acceptors (Lipinski definition) is 4. The third-order valence-corrected chi connectivity index (χ3v) is 3.45. The molecule has 0 saturated heterocycles. The molecule has 2 aromatic rings. The number of methoxy groups -OCH3 is 1. The minimum Gasteiger partial charge on any atom is -0.496 e. The van der Waals surface area contributed by atoms with E-state index in [4.69, 9.17) is 4.74 Å². The highest BCUT2D eigenvalue weighted by Gasteiger charge is 2.13. The molecule has 1 atom stereocenters. The maximum atomic E-state index is 10.2. The van der Waals surface area contributed by atoms with Gasteiger partial charge in [-0.25, -0.2) is 0 Å². The lowest BCUT2D eigenvalue weighted by atomic mass is 10.1. The summed E-state index contributed by atoms with van der Waals surface area (Å²) in [7, 11) is 1.62. The van der Waals surface area contributed by atoms with Crippen LogP contribution in [0.4, 0.5) is 5.69 Å². The SMILES string of the molecule is COc1ccc(C)cc1C(O)CNc1ccsc1. The van der Waals surface area contributed by atoms with Crippen LogP contribution in [-0.4, -0.2) is 18.8 Å². The molecule has 0 aliphatic rings. The van der Waals surface area contributed by atoms with Gasteiger partial charge >= 0.3 is 0 Å². The number of ether oxygens (including phenoxy) is 1. The molecule has 0 aliphatic heterocycles. The summed E-state index contributed by atoms with van der Waals surface area (Å²) in [6.07, 6.45) is -0.584. The fraction of sp³-hybridized carbons (Fsp3) is 0.286. The Bertz CT molecular complexity index is 497. The number of anilines is 1. The monoisotopic (exact) mass is 263 g/mol. The number of aryl methyl sites for hydroxylation is 1. The van der Waals surface area contributed by atoms with Gasteiger partial charge in [-0.05, 0) is 30.5 Å². The number of aliphatic hydroxyl groups is 1. The van der Waals surface area contributed by atoms with Crippen molar-refractivity contribution in [3.8, 4) is 5.75 Å². The standard InChI is InChI=1S/C14H17NO2S/c1-10-3-4-14(17-2)12(7-10)13(16)8-15-11-5-6-18-9-11/h3-7,9,13,15-16H,8H2,1-2H3. The summed E-state index contributed by atoms with van der Waals surface area (Å²) in [5.41, 5.74) is 2.96. The zero-order chi connectivity index (χ0) is 13.0. The molecule has 1 heterocycles. The predicted octanol–water partition coefficient (Wildman–Crippen LogP) is 3.21. The highest BCUT2D eigenvalue weighted by Crippen LogP contribution is 2.26. The molecule has 4 heteroatoms. The van der Waals surface area contributed by atoms with E-state index in [1.165, 1.54) is 0 Å². The van der Waals surface area contributed by atoms with E-state index in [1.807, 2.05) is 41.9 Å². The lowest BCUT2D eigenvalue weighted by Crippen LogP contribution is -2.12. The van der Waals surface area contributed by atoms with Crippen molar-refractivity contribution in [3.05, 3.63) is 46.2 Å². The average Bonchev–Trinajstić information content (AvgIpc) is 2.89.